The van der Waals surface area contributed by atoms with Crippen LogP contribution in [-0.2, 0) is 11.2 Å². The van der Waals surface area contributed by atoms with E-state index >= 15 is 0 Å². The summed E-state index contributed by atoms with van der Waals surface area (Å²) in [6.45, 7) is 4.92. The van der Waals surface area contributed by atoms with E-state index in [1.165, 1.54) is 0 Å². The topological polar surface area (TPSA) is 75.1 Å². The molecule has 0 radical (unpaired) electrons. The molecule has 2 aliphatic rings. The fourth-order valence-corrected chi connectivity index (χ4v) is 4.56. The Morgan fingerprint density at radius 2 is 1.81 bits per heavy atom. The third kappa shape index (κ3) is 3.54. The minimum absolute atomic E-state index is 0.0346. The molecule has 0 bridgehead atoms. The zero-order chi connectivity index (χ0) is 21.5. The number of amides is 1. The Morgan fingerprint density at radius 3 is 2.61 bits per heavy atom. The van der Waals surface area contributed by atoms with Gasteiger partial charge in [0, 0.05) is 48.6 Å². The summed E-state index contributed by atoms with van der Waals surface area (Å²) in [5.74, 6) is 3.27. The van der Waals surface area contributed by atoms with Crippen LogP contribution in [-0.4, -0.2) is 39.4 Å². The SMILES string of the molecule is Cc1cc(N2CCCC2c2nc(C)c3c(n2)N(C)C(=O)CC3)nc(-c2ccccc2)n1. The van der Waals surface area contributed by atoms with Gasteiger partial charge in [-0.1, -0.05) is 30.3 Å². The van der Waals surface area contributed by atoms with E-state index in [0.717, 1.165) is 65.2 Å². The third-order valence-electron chi connectivity index (χ3n) is 6.21. The maximum Gasteiger partial charge on any atom is 0.228 e. The highest BCUT2D eigenvalue weighted by molar-refractivity contribution is 5.94. The van der Waals surface area contributed by atoms with Crippen molar-refractivity contribution in [3.05, 3.63) is 59.2 Å². The quantitative estimate of drug-likeness (QED) is 0.649. The van der Waals surface area contributed by atoms with Gasteiger partial charge in [-0.05, 0) is 33.1 Å². The molecule has 7 nitrogen and oxygen atoms in total. The molecule has 1 fully saturated rings. The van der Waals surface area contributed by atoms with Gasteiger partial charge in [0.1, 0.15) is 11.6 Å². The molecule has 0 N–H and O–H groups in total. The molecule has 0 spiro atoms. The van der Waals surface area contributed by atoms with Gasteiger partial charge in [-0.3, -0.25) is 9.69 Å². The molecule has 158 valence electrons. The molecule has 4 heterocycles. The van der Waals surface area contributed by atoms with Gasteiger partial charge in [-0.15, -0.1) is 0 Å². The summed E-state index contributed by atoms with van der Waals surface area (Å²) < 4.78 is 0. The van der Waals surface area contributed by atoms with Gasteiger partial charge in [-0.2, -0.15) is 0 Å². The predicted octanol–water partition coefficient (Wildman–Crippen LogP) is 3.80. The molecule has 7 heteroatoms. The van der Waals surface area contributed by atoms with Crippen molar-refractivity contribution in [2.24, 2.45) is 0 Å². The molecule has 5 rings (SSSR count). The molecule has 1 unspecified atom stereocenters. The third-order valence-corrected chi connectivity index (χ3v) is 6.21. The fourth-order valence-electron chi connectivity index (χ4n) is 4.56. The van der Waals surface area contributed by atoms with Gasteiger partial charge < -0.3 is 4.90 Å². The summed E-state index contributed by atoms with van der Waals surface area (Å²) >= 11 is 0. The van der Waals surface area contributed by atoms with Crippen LogP contribution in [0.15, 0.2) is 36.4 Å². The fraction of sp³-hybridized carbons (Fsp3) is 0.375. The number of hydrogen-bond donors (Lipinski definition) is 0. The highest BCUT2D eigenvalue weighted by Crippen LogP contribution is 2.37. The van der Waals surface area contributed by atoms with E-state index in [1.54, 1.807) is 4.90 Å². The number of benzene rings is 1. The van der Waals surface area contributed by atoms with Crippen LogP contribution in [0.1, 0.15) is 48.1 Å². The first-order valence-corrected chi connectivity index (χ1v) is 10.8. The van der Waals surface area contributed by atoms with Crippen molar-refractivity contribution in [2.75, 3.05) is 23.4 Å². The normalized spacial score (nSPS) is 18.4. The van der Waals surface area contributed by atoms with Crippen LogP contribution in [0.25, 0.3) is 11.4 Å². The first-order chi connectivity index (χ1) is 15.0. The number of rotatable bonds is 3. The maximum absolute atomic E-state index is 12.2. The van der Waals surface area contributed by atoms with Gasteiger partial charge >= 0.3 is 0 Å². The summed E-state index contributed by atoms with van der Waals surface area (Å²) in [4.78, 5) is 35.5. The number of hydrogen-bond acceptors (Lipinski definition) is 6. The molecule has 1 atom stereocenters. The Labute approximate surface area is 182 Å². The van der Waals surface area contributed by atoms with Crippen molar-refractivity contribution in [3.8, 4) is 11.4 Å². The second-order valence-electron chi connectivity index (χ2n) is 8.33. The summed E-state index contributed by atoms with van der Waals surface area (Å²) in [7, 11) is 1.81. The lowest BCUT2D eigenvalue weighted by atomic mass is 10.0. The van der Waals surface area contributed by atoms with Crippen molar-refractivity contribution in [1.29, 1.82) is 0 Å². The minimum atomic E-state index is 0.0346. The number of aromatic nitrogens is 4. The largest absolute Gasteiger partial charge is 0.346 e. The molecule has 2 aromatic heterocycles. The highest BCUT2D eigenvalue weighted by Gasteiger charge is 2.33. The van der Waals surface area contributed by atoms with E-state index in [-0.39, 0.29) is 11.9 Å². The Kier molecular flexibility index (Phi) is 4.88. The van der Waals surface area contributed by atoms with Crippen LogP contribution in [0, 0.1) is 13.8 Å². The Morgan fingerprint density at radius 1 is 1.00 bits per heavy atom. The number of fused-ring (bicyclic) bond motifs is 1. The predicted molar refractivity (Wildman–Crippen MR) is 120 cm³/mol. The van der Waals surface area contributed by atoms with Crippen molar-refractivity contribution in [3.63, 3.8) is 0 Å². The molecule has 31 heavy (non-hydrogen) atoms. The highest BCUT2D eigenvalue weighted by atomic mass is 16.2. The molecular weight excluding hydrogens is 388 g/mol. The number of carbonyl (C=O) groups is 1. The minimum Gasteiger partial charge on any atom is -0.346 e. The second-order valence-corrected chi connectivity index (χ2v) is 8.33. The van der Waals surface area contributed by atoms with Crippen LogP contribution in [0.5, 0.6) is 0 Å². The lowest BCUT2D eigenvalue weighted by molar-refractivity contribution is -0.118. The van der Waals surface area contributed by atoms with Crippen LogP contribution in [0.3, 0.4) is 0 Å². The first-order valence-electron chi connectivity index (χ1n) is 10.8. The number of nitrogens with zero attached hydrogens (tertiary/aromatic N) is 6. The monoisotopic (exact) mass is 414 g/mol. The summed E-state index contributed by atoms with van der Waals surface area (Å²) in [6.07, 6.45) is 3.23. The van der Waals surface area contributed by atoms with Gasteiger partial charge in [0.05, 0.1) is 6.04 Å². The lowest BCUT2D eigenvalue weighted by Gasteiger charge is -2.29. The van der Waals surface area contributed by atoms with Gasteiger partial charge in [0.15, 0.2) is 11.6 Å². The van der Waals surface area contributed by atoms with Crippen LogP contribution < -0.4 is 9.80 Å². The number of carbonyl (C=O) groups excluding carboxylic acids is 1. The lowest BCUT2D eigenvalue weighted by Crippen LogP contribution is -2.34. The Balaban J connectivity index is 1.54. The van der Waals surface area contributed by atoms with Crippen molar-refractivity contribution in [2.45, 2.75) is 45.6 Å². The van der Waals surface area contributed by atoms with Crippen molar-refractivity contribution >= 4 is 17.5 Å². The van der Waals surface area contributed by atoms with Crippen molar-refractivity contribution in [1.82, 2.24) is 19.9 Å². The first kappa shape index (κ1) is 19.6. The van der Waals surface area contributed by atoms with Crippen LogP contribution in [0.2, 0.25) is 0 Å². The molecule has 2 aliphatic heterocycles. The zero-order valence-corrected chi connectivity index (χ0v) is 18.2. The number of anilines is 2. The molecule has 1 amide bonds. The smallest absolute Gasteiger partial charge is 0.228 e. The number of aryl methyl sites for hydroxylation is 2. The molecule has 0 saturated carbocycles. The van der Waals surface area contributed by atoms with E-state index in [0.29, 0.717) is 12.8 Å². The van der Waals surface area contributed by atoms with E-state index < -0.39 is 0 Å². The van der Waals surface area contributed by atoms with E-state index in [2.05, 4.69) is 9.88 Å². The van der Waals surface area contributed by atoms with E-state index in [1.807, 2.05) is 57.3 Å². The molecule has 3 aromatic rings. The van der Waals surface area contributed by atoms with Gasteiger partial charge in [-0.25, -0.2) is 19.9 Å². The molecule has 1 aromatic carbocycles. The molecule has 0 aliphatic carbocycles. The maximum atomic E-state index is 12.2. The van der Waals surface area contributed by atoms with Crippen molar-refractivity contribution < 1.29 is 4.79 Å². The Hall–Kier alpha value is -3.35. The van der Waals surface area contributed by atoms with E-state index in [4.69, 9.17) is 15.0 Å². The standard InChI is InChI=1S/C24H26N6O/c1-15-14-20(27-22(25-15)17-8-5-4-6-9-17)30-13-7-10-19(30)23-26-16(2)18-11-12-21(31)29(3)24(18)28-23/h4-6,8-9,14,19H,7,10-13H2,1-3H3. The van der Waals surface area contributed by atoms with Crippen LogP contribution >= 0.6 is 0 Å². The summed E-state index contributed by atoms with van der Waals surface area (Å²) in [5.41, 5.74) is 3.99. The average Bonchev–Trinajstić information content (AvgIpc) is 3.27. The summed E-state index contributed by atoms with van der Waals surface area (Å²) in [6, 6.07) is 12.1. The zero-order valence-electron chi connectivity index (χ0n) is 18.2. The van der Waals surface area contributed by atoms with Gasteiger partial charge in [0.25, 0.3) is 0 Å². The second kappa shape index (κ2) is 7.72. The van der Waals surface area contributed by atoms with Gasteiger partial charge in [0.2, 0.25) is 5.91 Å². The molecular formula is C24H26N6O. The average molecular weight is 415 g/mol. The van der Waals surface area contributed by atoms with Crippen LogP contribution in [0.4, 0.5) is 11.6 Å². The molecule has 1 saturated heterocycles. The Bertz CT molecular complexity index is 1150. The summed E-state index contributed by atoms with van der Waals surface area (Å²) in [5, 5.41) is 0. The van der Waals surface area contributed by atoms with E-state index in [9.17, 15) is 4.79 Å².